The number of carbonyl (C=O) groups is 3. The summed E-state index contributed by atoms with van der Waals surface area (Å²) in [5, 5.41) is 7.31. The molecule has 0 unspecified atom stereocenters. The first kappa shape index (κ1) is 28.8. The second kappa shape index (κ2) is 13.0. The number of urea groups is 1. The highest BCUT2D eigenvalue weighted by Gasteiger charge is 2.31. The van der Waals surface area contributed by atoms with Gasteiger partial charge in [0.15, 0.2) is 5.82 Å². The summed E-state index contributed by atoms with van der Waals surface area (Å²) in [6.07, 6.45) is -2.11. The summed E-state index contributed by atoms with van der Waals surface area (Å²) >= 11 is 11.3. The molecule has 0 saturated heterocycles. The van der Waals surface area contributed by atoms with E-state index in [0.717, 1.165) is 12.1 Å². The Kier molecular flexibility index (Phi) is 10.4. The lowest BCUT2D eigenvalue weighted by molar-refractivity contribution is -0.274. The third-order valence-electron chi connectivity index (χ3n) is 4.53. The molecule has 36 heavy (non-hydrogen) atoms. The quantitative estimate of drug-likeness (QED) is 0.406. The van der Waals surface area contributed by atoms with Gasteiger partial charge < -0.3 is 24.8 Å². The Labute approximate surface area is 214 Å². The van der Waals surface area contributed by atoms with Crippen molar-refractivity contribution in [1.82, 2.24) is 19.8 Å². The van der Waals surface area contributed by atoms with Crippen molar-refractivity contribution < 1.29 is 32.3 Å². The van der Waals surface area contributed by atoms with Gasteiger partial charge in [-0.15, -0.1) is 13.2 Å². The first-order valence-electron chi connectivity index (χ1n) is 10.5. The van der Waals surface area contributed by atoms with Crippen LogP contribution in [0, 0.1) is 0 Å². The number of amides is 4. The van der Waals surface area contributed by atoms with Gasteiger partial charge in [0.2, 0.25) is 11.7 Å². The summed E-state index contributed by atoms with van der Waals surface area (Å²) in [6.45, 7) is 4.38. The molecule has 1 heterocycles. The van der Waals surface area contributed by atoms with Crippen LogP contribution in [0.1, 0.15) is 24.5 Å². The fraction of sp³-hybridized carbons (Fsp3) is 0.333. The molecule has 0 aliphatic heterocycles. The molecule has 0 fully saturated rings. The molecular formula is C21H23Cl2F3N6O4. The van der Waals surface area contributed by atoms with Gasteiger partial charge in [0, 0.05) is 31.5 Å². The lowest BCUT2D eigenvalue weighted by atomic mass is 10.3. The van der Waals surface area contributed by atoms with E-state index >= 15 is 0 Å². The highest BCUT2D eigenvalue weighted by molar-refractivity contribution is 6.55. The summed E-state index contributed by atoms with van der Waals surface area (Å²) in [4.78, 5) is 42.8. The molecule has 0 aliphatic rings. The lowest BCUT2D eigenvalue weighted by Gasteiger charge is -2.18. The molecule has 4 amide bonds. The van der Waals surface area contributed by atoms with Gasteiger partial charge in [-0.2, -0.15) is 0 Å². The van der Waals surface area contributed by atoms with Gasteiger partial charge >= 0.3 is 12.4 Å². The van der Waals surface area contributed by atoms with Gasteiger partial charge in [-0.3, -0.25) is 14.9 Å². The summed E-state index contributed by atoms with van der Waals surface area (Å²) in [5.74, 6) is -1.56. The fourth-order valence-electron chi connectivity index (χ4n) is 2.91. The van der Waals surface area contributed by atoms with Crippen LogP contribution in [0.25, 0.3) is 0 Å². The van der Waals surface area contributed by atoms with Crippen LogP contribution < -0.4 is 20.7 Å². The molecule has 15 heteroatoms. The number of halogens is 5. The van der Waals surface area contributed by atoms with Gasteiger partial charge in [-0.05, 0) is 44.2 Å². The second-order valence-corrected chi connectivity index (χ2v) is 8.00. The van der Waals surface area contributed by atoms with E-state index in [1.165, 1.54) is 29.0 Å². The van der Waals surface area contributed by atoms with Crippen molar-refractivity contribution >= 4 is 52.6 Å². The van der Waals surface area contributed by atoms with Crippen molar-refractivity contribution in [2.45, 2.75) is 26.8 Å². The number of hydrogen-bond donors (Lipinski definition) is 3. The SMILES string of the molecule is CCN(CC)C(=O)CNC(=O)c1nc(NC(=O)Nc2ccc(OC(F)(F)F)cc2)cn1CC=C(Cl)Cl. The number of allylic oxidation sites excluding steroid dienone is 1. The van der Waals surface area contributed by atoms with E-state index < -0.39 is 24.1 Å². The van der Waals surface area contributed by atoms with Crippen molar-refractivity contribution in [2.75, 3.05) is 30.3 Å². The lowest BCUT2D eigenvalue weighted by Crippen LogP contribution is -2.40. The summed E-state index contributed by atoms with van der Waals surface area (Å²) in [7, 11) is 0. The monoisotopic (exact) mass is 550 g/mol. The third kappa shape index (κ3) is 9.30. The highest BCUT2D eigenvalue weighted by Crippen LogP contribution is 2.24. The zero-order chi connectivity index (χ0) is 26.9. The number of rotatable bonds is 10. The number of anilines is 2. The van der Waals surface area contributed by atoms with E-state index in [1.54, 1.807) is 4.90 Å². The third-order valence-corrected chi connectivity index (χ3v) is 4.83. The molecule has 196 valence electrons. The van der Waals surface area contributed by atoms with E-state index in [4.69, 9.17) is 23.2 Å². The Morgan fingerprint density at radius 2 is 1.75 bits per heavy atom. The Bertz CT molecular complexity index is 1100. The first-order chi connectivity index (χ1) is 16.9. The molecule has 2 rings (SSSR count). The molecule has 0 saturated carbocycles. The second-order valence-electron chi connectivity index (χ2n) is 7.00. The largest absolute Gasteiger partial charge is 0.573 e. The summed E-state index contributed by atoms with van der Waals surface area (Å²) in [5.41, 5.74) is 0.172. The van der Waals surface area contributed by atoms with Crippen LogP contribution in [0.4, 0.5) is 29.5 Å². The van der Waals surface area contributed by atoms with Crippen molar-refractivity contribution in [3.63, 3.8) is 0 Å². The molecule has 10 nitrogen and oxygen atoms in total. The number of imidazole rings is 1. The molecule has 0 radical (unpaired) electrons. The van der Waals surface area contributed by atoms with Gasteiger partial charge in [0.05, 0.1) is 6.54 Å². The number of carbonyl (C=O) groups excluding carboxylic acids is 3. The van der Waals surface area contributed by atoms with Crippen LogP contribution in [-0.2, 0) is 11.3 Å². The topological polar surface area (TPSA) is 118 Å². The molecule has 0 bridgehead atoms. The van der Waals surface area contributed by atoms with E-state index in [1.807, 2.05) is 13.8 Å². The Morgan fingerprint density at radius 3 is 2.31 bits per heavy atom. The van der Waals surface area contributed by atoms with Gasteiger partial charge in [-0.1, -0.05) is 23.2 Å². The molecule has 0 aliphatic carbocycles. The number of likely N-dealkylation sites (N-methyl/N-ethyl adjacent to an activating group) is 1. The first-order valence-corrected chi connectivity index (χ1v) is 11.3. The molecule has 2 aromatic rings. The van der Waals surface area contributed by atoms with Gasteiger partial charge in [0.25, 0.3) is 5.91 Å². The van der Waals surface area contributed by atoms with Crippen molar-refractivity contribution in [3.05, 3.63) is 46.9 Å². The van der Waals surface area contributed by atoms with Crippen molar-refractivity contribution in [3.8, 4) is 5.75 Å². The number of benzene rings is 1. The smallest absolute Gasteiger partial charge is 0.406 e. The van der Waals surface area contributed by atoms with Crippen molar-refractivity contribution in [2.24, 2.45) is 0 Å². The predicted molar refractivity (Wildman–Crippen MR) is 128 cm³/mol. The number of hydrogen-bond acceptors (Lipinski definition) is 5. The number of aromatic nitrogens is 2. The number of ether oxygens (including phenoxy) is 1. The van der Waals surface area contributed by atoms with Gasteiger partial charge in [0.1, 0.15) is 10.2 Å². The molecule has 1 aromatic carbocycles. The van der Waals surface area contributed by atoms with Crippen LogP contribution >= 0.6 is 23.2 Å². The molecule has 3 N–H and O–H groups in total. The summed E-state index contributed by atoms with van der Waals surface area (Å²) in [6, 6.07) is 3.69. The van der Waals surface area contributed by atoms with Crippen LogP contribution in [0.15, 0.2) is 41.0 Å². The zero-order valence-electron chi connectivity index (χ0n) is 19.2. The fourth-order valence-corrected chi connectivity index (χ4v) is 3.04. The minimum atomic E-state index is -4.84. The standard InChI is InChI=1S/C21H23Cl2F3N6O4/c1-3-31(4-2)17(33)11-27-19(34)18-29-16(12-32(18)10-9-15(22)23)30-20(35)28-13-5-7-14(8-6-13)36-21(24,25)26/h5-9,12H,3-4,10-11H2,1-2H3,(H,27,34)(H2,28,30,35). The van der Waals surface area contributed by atoms with Crippen LogP contribution in [-0.4, -0.2) is 58.3 Å². The number of nitrogens with one attached hydrogen (secondary N) is 3. The average Bonchev–Trinajstić information content (AvgIpc) is 3.19. The van der Waals surface area contributed by atoms with Crippen molar-refractivity contribution in [1.29, 1.82) is 0 Å². The Balaban J connectivity index is 2.09. The minimum absolute atomic E-state index is 0.0242. The van der Waals surface area contributed by atoms with E-state index in [-0.39, 0.29) is 40.8 Å². The summed E-state index contributed by atoms with van der Waals surface area (Å²) < 4.78 is 41.9. The van der Waals surface area contributed by atoms with Crippen LogP contribution in [0.3, 0.4) is 0 Å². The van der Waals surface area contributed by atoms with Crippen LogP contribution in [0.5, 0.6) is 5.75 Å². The Morgan fingerprint density at radius 1 is 1.11 bits per heavy atom. The maximum atomic E-state index is 12.7. The maximum Gasteiger partial charge on any atom is 0.573 e. The minimum Gasteiger partial charge on any atom is -0.406 e. The number of alkyl halides is 3. The number of nitrogens with zero attached hydrogens (tertiary/aromatic N) is 3. The van der Waals surface area contributed by atoms with Gasteiger partial charge in [-0.25, -0.2) is 9.78 Å². The predicted octanol–water partition coefficient (Wildman–Crippen LogP) is 4.34. The maximum absolute atomic E-state index is 12.7. The molecular weight excluding hydrogens is 528 g/mol. The Hall–Kier alpha value is -3.45. The molecule has 0 atom stereocenters. The van der Waals surface area contributed by atoms with E-state index in [2.05, 4.69) is 25.7 Å². The van der Waals surface area contributed by atoms with E-state index in [0.29, 0.717) is 13.1 Å². The molecule has 1 aromatic heterocycles. The van der Waals surface area contributed by atoms with Crippen LogP contribution in [0.2, 0.25) is 0 Å². The average molecular weight is 551 g/mol. The normalized spacial score (nSPS) is 10.9. The molecule has 0 spiro atoms. The highest BCUT2D eigenvalue weighted by atomic mass is 35.5. The zero-order valence-corrected chi connectivity index (χ0v) is 20.7. The van der Waals surface area contributed by atoms with E-state index in [9.17, 15) is 27.6 Å².